The number of nitrogens with zero attached hydrogens (tertiary/aromatic N) is 1. The molecule has 1 aromatic carbocycles. The monoisotopic (exact) mass is 305 g/mol. The Morgan fingerprint density at radius 2 is 2.26 bits per heavy atom. The Hall–Kier alpha value is -1.04. The van der Waals surface area contributed by atoms with Gasteiger partial charge in [0.05, 0.1) is 10.3 Å². The fourth-order valence-electron chi connectivity index (χ4n) is 1.94. The van der Waals surface area contributed by atoms with Gasteiger partial charge < -0.3 is 9.47 Å². The molecule has 0 radical (unpaired) electrons. The minimum atomic E-state index is -0.502. The van der Waals surface area contributed by atoms with Crippen molar-refractivity contribution in [3.8, 4) is 5.75 Å². The summed E-state index contributed by atoms with van der Waals surface area (Å²) in [5.41, 5.74) is -0.113. The Morgan fingerprint density at radius 3 is 2.84 bits per heavy atom. The predicted molar refractivity (Wildman–Crippen MR) is 72.2 cm³/mol. The molecule has 19 heavy (non-hydrogen) atoms. The molecule has 3 unspecified atom stereocenters. The molecule has 1 fully saturated rings. The molecule has 2 rings (SSSR count). The summed E-state index contributed by atoms with van der Waals surface area (Å²) in [4.78, 5) is 10.4. The third-order valence-electron chi connectivity index (χ3n) is 2.94. The molecule has 104 valence electrons. The fourth-order valence-corrected chi connectivity index (χ4v) is 2.52. The molecule has 0 amide bonds. The van der Waals surface area contributed by atoms with Crippen molar-refractivity contribution in [2.45, 2.75) is 30.9 Å². The molecule has 0 aliphatic heterocycles. The van der Waals surface area contributed by atoms with E-state index in [1.54, 1.807) is 0 Å². The quantitative estimate of drug-likeness (QED) is 0.475. The van der Waals surface area contributed by atoms with E-state index < -0.39 is 4.92 Å². The Morgan fingerprint density at radius 1 is 1.53 bits per heavy atom. The number of nitro groups is 1. The van der Waals surface area contributed by atoms with Gasteiger partial charge in [0.15, 0.2) is 5.75 Å². The topological polar surface area (TPSA) is 61.6 Å². The number of hydrogen-bond acceptors (Lipinski definition) is 4. The molecule has 0 saturated heterocycles. The maximum atomic E-state index is 10.9. The molecule has 0 bridgehead atoms. The third-order valence-corrected chi connectivity index (χ3v) is 3.60. The number of benzene rings is 1. The first-order valence-corrected chi connectivity index (χ1v) is 6.70. The summed E-state index contributed by atoms with van der Waals surface area (Å²) >= 11 is 11.9. The summed E-state index contributed by atoms with van der Waals surface area (Å²) in [7, 11) is 0. The highest BCUT2D eigenvalue weighted by molar-refractivity contribution is 6.30. The molecule has 1 aromatic rings. The largest absolute Gasteiger partial charge is 0.481 e. The van der Waals surface area contributed by atoms with E-state index in [0.717, 1.165) is 0 Å². The van der Waals surface area contributed by atoms with E-state index >= 15 is 0 Å². The van der Waals surface area contributed by atoms with Gasteiger partial charge in [-0.05, 0) is 13.0 Å². The van der Waals surface area contributed by atoms with Gasteiger partial charge in [-0.15, -0.1) is 11.6 Å². The van der Waals surface area contributed by atoms with Crippen molar-refractivity contribution in [1.29, 1.82) is 0 Å². The minimum absolute atomic E-state index is 0.113. The molecule has 3 atom stereocenters. The minimum Gasteiger partial charge on any atom is -0.481 e. The maximum absolute atomic E-state index is 10.9. The van der Waals surface area contributed by atoms with Crippen LogP contribution in [0.1, 0.15) is 13.3 Å². The third kappa shape index (κ3) is 3.11. The number of alkyl halides is 1. The van der Waals surface area contributed by atoms with E-state index in [4.69, 9.17) is 32.7 Å². The van der Waals surface area contributed by atoms with Crippen molar-refractivity contribution in [3.63, 3.8) is 0 Å². The van der Waals surface area contributed by atoms with E-state index in [1.807, 2.05) is 6.92 Å². The summed E-state index contributed by atoms with van der Waals surface area (Å²) in [6.07, 6.45) is 0.0699. The molecular weight excluding hydrogens is 293 g/mol. The van der Waals surface area contributed by atoms with Crippen LogP contribution in [0.25, 0.3) is 0 Å². The standard InChI is InChI=1S/C12H13Cl2NO4/c1-2-18-12-8(14)6-11(12)19-10-5-7(13)3-4-9(10)15(16)17/h3-5,8,11-12H,2,6H2,1H3. The van der Waals surface area contributed by atoms with Gasteiger partial charge in [0.1, 0.15) is 12.2 Å². The first-order valence-electron chi connectivity index (χ1n) is 5.89. The molecule has 0 heterocycles. The zero-order valence-corrected chi connectivity index (χ0v) is 11.7. The van der Waals surface area contributed by atoms with Crippen LogP contribution in [0.15, 0.2) is 18.2 Å². The summed E-state index contributed by atoms with van der Waals surface area (Å²) in [6, 6.07) is 4.21. The first-order chi connectivity index (χ1) is 9.02. The highest BCUT2D eigenvalue weighted by Crippen LogP contribution is 2.37. The highest BCUT2D eigenvalue weighted by atomic mass is 35.5. The van der Waals surface area contributed by atoms with Crippen LogP contribution in [0.2, 0.25) is 5.02 Å². The van der Waals surface area contributed by atoms with Crippen LogP contribution in [0.5, 0.6) is 5.75 Å². The molecule has 1 saturated carbocycles. The molecule has 1 aliphatic carbocycles. The molecule has 7 heteroatoms. The van der Waals surface area contributed by atoms with E-state index in [2.05, 4.69) is 0 Å². The fraction of sp³-hybridized carbons (Fsp3) is 0.500. The van der Waals surface area contributed by atoms with Crippen LogP contribution in [0, 0.1) is 10.1 Å². The number of hydrogen-bond donors (Lipinski definition) is 0. The van der Waals surface area contributed by atoms with Crippen LogP contribution in [0.4, 0.5) is 5.69 Å². The van der Waals surface area contributed by atoms with Gasteiger partial charge in [-0.3, -0.25) is 10.1 Å². The maximum Gasteiger partial charge on any atom is 0.311 e. The van der Waals surface area contributed by atoms with Crippen molar-refractivity contribution in [1.82, 2.24) is 0 Å². The number of rotatable bonds is 5. The second-order valence-corrected chi connectivity index (χ2v) is 5.19. The van der Waals surface area contributed by atoms with Gasteiger partial charge in [0.2, 0.25) is 0 Å². The lowest BCUT2D eigenvalue weighted by Gasteiger charge is -2.40. The van der Waals surface area contributed by atoms with Gasteiger partial charge in [0, 0.05) is 30.2 Å². The van der Waals surface area contributed by atoms with Crippen LogP contribution in [-0.4, -0.2) is 29.1 Å². The number of nitro benzene ring substituents is 1. The lowest BCUT2D eigenvalue weighted by Crippen LogP contribution is -2.52. The van der Waals surface area contributed by atoms with Crippen molar-refractivity contribution in [2.75, 3.05) is 6.61 Å². The first kappa shape index (κ1) is 14.4. The summed E-state index contributed by atoms with van der Waals surface area (Å²) in [6.45, 7) is 2.38. The Bertz CT molecular complexity index is 483. The van der Waals surface area contributed by atoms with E-state index in [0.29, 0.717) is 18.1 Å². The molecule has 0 spiro atoms. The molecular formula is C12H13Cl2NO4. The number of halogens is 2. The van der Waals surface area contributed by atoms with Gasteiger partial charge in [-0.2, -0.15) is 0 Å². The van der Waals surface area contributed by atoms with Gasteiger partial charge in [-0.1, -0.05) is 11.6 Å². The second-order valence-electron chi connectivity index (χ2n) is 4.20. The predicted octanol–water partition coefficient (Wildman–Crippen LogP) is 3.41. The molecule has 1 aliphatic rings. The van der Waals surface area contributed by atoms with Crippen molar-refractivity contribution >= 4 is 28.9 Å². The average Bonchev–Trinajstić information content (AvgIpc) is 2.35. The van der Waals surface area contributed by atoms with E-state index in [-0.39, 0.29) is 29.0 Å². The van der Waals surface area contributed by atoms with E-state index in [9.17, 15) is 10.1 Å². The van der Waals surface area contributed by atoms with Crippen LogP contribution >= 0.6 is 23.2 Å². The molecule has 0 N–H and O–H groups in total. The summed E-state index contributed by atoms with van der Waals surface area (Å²) in [5.74, 6) is 0.149. The summed E-state index contributed by atoms with van der Waals surface area (Å²) in [5, 5.41) is 11.2. The SMILES string of the molecule is CCOC1C(Cl)CC1Oc1cc(Cl)ccc1[N+](=O)[O-]. The number of ether oxygens (including phenoxy) is 2. The van der Waals surface area contributed by atoms with Crippen molar-refractivity contribution in [2.24, 2.45) is 0 Å². The molecule has 5 nitrogen and oxygen atoms in total. The smallest absolute Gasteiger partial charge is 0.311 e. The van der Waals surface area contributed by atoms with Crippen molar-refractivity contribution < 1.29 is 14.4 Å². The average molecular weight is 306 g/mol. The van der Waals surface area contributed by atoms with E-state index in [1.165, 1.54) is 18.2 Å². The van der Waals surface area contributed by atoms with Gasteiger partial charge in [-0.25, -0.2) is 0 Å². The Balaban J connectivity index is 2.15. The lowest BCUT2D eigenvalue weighted by atomic mass is 9.91. The zero-order chi connectivity index (χ0) is 14.0. The van der Waals surface area contributed by atoms with Crippen LogP contribution in [-0.2, 0) is 4.74 Å². The normalized spacial score (nSPS) is 25.7. The zero-order valence-electron chi connectivity index (χ0n) is 10.2. The highest BCUT2D eigenvalue weighted by Gasteiger charge is 2.43. The van der Waals surface area contributed by atoms with Gasteiger partial charge >= 0.3 is 5.69 Å². The van der Waals surface area contributed by atoms with Crippen molar-refractivity contribution in [3.05, 3.63) is 33.3 Å². The van der Waals surface area contributed by atoms with Crippen LogP contribution in [0.3, 0.4) is 0 Å². The van der Waals surface area contributed by atoms with Crippen LogP contribution < -0.4 is 4.74 Å². The second kappa shape index (κ2) is 5.94. The molecule has 0 aromatic heterocycles. The Labute approximate surface area is 120 Å². The summed E-state index contributed by atoms with van der Waals surface area (Å²) < 4.78 is 11.1. The van der Waals surface area contributed by atoms with Gasteiger partial charge in [0.25, 0.3) is 0 Å². The Kier molecular flexibility index (Phi) is 4.50. The lowest BCUT2D eigenvalue weighted by molar-refractivity contribution is -0.386.